The maximum atomic E-state index is 5.75. The highest BCUT2D eigenvalue weighted by Gasteiger charge is 2.16. The fourth-order valence-electron chi connectivity index (χ4n) is 2.27. The molecule has 0 radical (unpaired) electrons. The van der Waals surface area contributed by atoms with Crippen LogP contribution in [0.1, 0.15) is 31.4 Å². The summed E-state index contributed by atoms with van der Waals surface area (Å²) in [4.78, 5) is 19.0. The highest BCUT2D eigenvalue weighted by Crippen LogP contribution is 2.17. The third-order valence-corrected chi connectivity index (χ3v) is 3.38. The van der Waals surface area contributed by atoms with Gasteiger partial charge in [0.15, 0.2) is 0 Å². The van der Waals surface area contributed by atoms with Crippen molar-refractivity contribution < 1.29 is 4.42 Å². The van der Waals surface area contributed by atoms with Gasteiger partial charge in [-0.3, -0.25) is 0 Å². The van der Waals surface area contributed by atoms with Gasteiger partial charge in [-0.2, -0.15) is 15.0 Å². The average Bonchev–Trinajstić information content (AvgIpc) is 3.16. The van der Waals surface area contributed by atoms with Crippen molar-refractivity contribution in [2.75, 3.05) is 29.0 Å². The van der Waals surface area contributed by atoms with E-state index in [0.717, 1.165) is 38.1 Å². The predicted octanol–water partition coefficient (Wildman–Crippen LogP) is 1.22. The Morgan fingerprint density at radius 3 is 2.81 bits per heavy atom. The Morgan fingerprint density at radius 2 is 2.10 bits per heavy atom. The van der Waals surface area contributed by atoms with Crippen molar-refractivity contribution in [3.8, 4) is 0 Å². The Balaban J connectivity index is 1.69. The lowest BCUT2D eigenvalue weighted by Gasteiger charge is -2.15. The second kappa shape index (κ2) is 5.94. The Bertz CT molecular complexity index is 606. The van der Waals surface area contributed by atoms with Gasteiger partial charge < -0.3 is 20.4 Å². The highest BCUT2D eigenvalue weighted by molar-refractivity contribution is 5.42. The zero-order valence-corrected chi connectivity index (χ0v) is 12.0. The van der Waals surface area contributed by atoms with Crippen molar-refractivity contribution >= 4 is 17.8 Å². The van der Waals surface area contributed by atoms with E-state index in [1.165, 1.54) is 0 Å². The normalized spacial score (nSPS) is 14.6. The minimum absolute atomic E-state index is 0.219. The zero-order chi connectivity index (χ0) is 14.7. The van der Waals surface area contributed by atoms with Crippen LogP contribution in [-0.4, -0.2) is 33.0 Å². The topological polar surface area (TPSA) is 106 Å². The fourth-order valence-corrected chi connectivity index (χ4v) is 2.27. The maximum Gasteiger partial charge on any atom is 0.231 e. The number of anilines is 3. The van der Waals surface area contributed by atoms with Crippen molar-refractivity contribution in [1.82, 2.24) is 19.9 Å². The van der Waals surface area contributed by atoms with Crippen LogP contribution in [0.15, 0.2) is 10.6 Å². The van der Waals surface area contributed by atoms with Crippen molar-refractivity contribution in [1.29, 1.82) is 0 Å². The van der Waals surface area contributed by atoms with E-state index in [2.05, 4.69) is 30.2 Å². The first-order valence-electron chi connectivity index (χ1n) is 7.18. The Kier molecular flexibility index (Phi) is 3.85. The first kappa shape index (κ1) is 13.6. The molecule has 0 spiro atoms. The number of hydrogen-bond donors (Lipinski definition) is 2. The highest BCUT2D eigenvalue weighted by atomic mass is 16.4. The van der Waals surface area contributed by atoms with E-state index in [-0.39, 0.29) is 5.95 Å². The SMILES string of the molecule is CCc1cnc(CNc2nc(N)nc(N3CCCC3)n2)o1. The van der Waals surface area contributed by atoms with Crippen LogP contribution in [0.5, 0.6) is 0 Å². The fraction of sp³-hybridized carbons (Fsp3) is 0.538. The number of rotatable bonds is 5. The molecule has 3 heterocycles. The van der Waals surface area contributed by atoms with Gasteiger partial charge in [-0.15, -0.1) is 0 Å². The van der Waals surface area contributed by atoms with E-state index in [4.69, 9.17) is 10.2 Å². The largest absolute Gasteiger partial charge is 0.444 e. The van der Waals surface area contributed by atoms with Crippen molar-refractivity contribution in [2.24, 2.45) is 0 Å². The molecule has 0 bridgehead atoms. The van der Waals surface area contributed by atoms with Gasteiger partial charge in [0.2, 0.25) is 23.7 Å². The number of aromatic nitrogens is 4. The summed E-state index contributed by atoms with van der Waals surface area (Å²) >= 11 is 0. The lowest BCUT2D eigenvalue weighted by Crippen LogP contribution is -2.22. The number of oxazole rings is 1. The van der Waals surface area contributed by atoms with Crippen molar-refractivity contribution in [3.63, 3.8) is 0 Å². The standard InChI is InChI=1S/C13H19N7O/c1-2-9-7-15-10(21-9)8-16-12-17-11(14)18-13(19-12)20-5-3-4-6-20/h7H,2-6,8H2,1H3,(H3,14,16,17,18,19). The molecule has 2 aromatic rings. The maximum absolute atomic E-state index is 5.75. The molecular weight excluding hydrogens is 270 g/mol. The first-order valence-corrected chi connectivity index (χ1v) is 7.18. The van der Waals surface area contributed by atoms with E-state index in [1.54, 1.807) is 6.20 Å². The van der Waals surface area contributed by atoms with Gasteiger partial charge in [0.1, 0.15) is 5.76 Å². The second-order valence-electron chi connectivity index (χ2n) is 4.94. The van der Waals surface area contributed by atoms with Crippen LogP contribution in [0, 0.1) is 0 Å². The molecule has 0 saturated carbocycles. The van der Waals surface area contributed by atoms with Crippen LogP contribution >= 0.6 is 0 Å². The molecule has 112 valence electrons. The molecule has 0 amide bonds. The molecule has 1 fully saturated rings. The molecule has 8 heteroatoms. The molecule has 8 nitrogen and oxygen atoms in total. The summed E-state index contributed by atoms with van der Waals surface area (Å²) in [5.41, 5.74) is 5.75. The van der Waals surface area contributed by atoms with Gasteiger partial charge >= 0.3 is 0 Å². The van der Waals surface area contributed by atoms with E-state index in [9.17, 15) is 0 Å². The van der Waals surface area contributed by atoms with Crippen LogP contribution in [-0.2, 0) is 13.0 Å². The summed E-state index contributed by atoms with van der Waals surface area (Å²) in [6.45, 7) is 4.36. The molecule has 0 aromatic carbocycles. The summed E-state index contributed by atoms with van der Waals surface area (Å²) in [5, 5.41) is 3.08. The third-order valence-electron chi connectivity index (χ3n) is 3.38. The Labute approximate surface area is 122 Å². The number of aryl methyl sites for hydroxylation is 1. The van der Waals surface area contributed by atoms with Crippen molar-refractivity contribution in [2.45, 2.75) is 32.7 Å². The quantitative estimate of drug-likeness (QED) is 0.846. The molecule has 0 unspecified atom stereocenters. The van der Waals surface area contributed by atoms with E-state index >= 15 is 0 Å². The summed E-state index contributed by atoms with van der Waals surface area (Å²) in [5.74, 6) is 2.76. The Morgan fingerprint density at radius 1 is 1.29 bits per heavy atom. The number of nitrogen functional groups attached to an aromatic ring is 1. The van der Waals surface area contributed by atoms with E-state index < -0.39 is 0 Å². The molecule has 3 rings (SSSR count). The minimum Gasteiger partial charge on any atom is -0.444 e. The Hall–Kier alpha value is -2.38. The van der Waals surface area contributed by atoms with E-state index in [0.29, 0.717) is 24.3 Å². The van der Waals surface area contributed by atoms with Gasteiger partial charge in [-0.25, -0.2) is 4.98 Å². The predicted molar refractivity (Wildman–Crippen MR) is 78.9 cm³/mol. The monoisotopic (exact) mass is 289 g/mol. The summed E-state index contributed by atoms with van der Waals surface area (Å²) in [6.07, 6.45) is 4.87. The minimum atomic E-state index is 0.219. The van der Waals surface area contributed by atoms with Gasteiger partial charge in [0, 0.05) is 19.5 Å². The van der Waals surface area contributed by atoms with Gasteiger partial charge in [0.05, 0.1) is 12.7 Å². The van der Waals surface area contributed by atoms with Crippen LogP contribution < -0.4 is 16.0 Å². The van der Waals surface area contributed by atoms with E-state index in [1.807, 2.05) is 6.92 Å². The van der Waals surface area contributed by atoms with Gasteiger partial charge in [-0.05, 0) is 12.8 Å². The number of nitrogens with zero attached hydrogens (tertiary/aromatic N) is 5. The lowest BCUT2D eigenvalue weighted by atomic mass is 10.4. The van der Waals surface area contributed by atoms with Crippen LogP contribution in [0.25, 0.3) is 0 Å². The summed E-state index contributed by atoms with van der Waals surface area (Å²) in [7, 11) is 0. The third kappa shape index (κ3) is 3.21. The summed E-state index contributed by atoms with van der Waals surface area (Å²) in [6, 6.07) is 0. The van der Waals surface area contributed by atoms with Crippen LogP contribution in [0.4, 0.5) is 17.8 Å². The number of hydrogen-bond acceptors (Lipinski definition) is 8. The molecule has 0 atom stereocenters. The first-order chi connectivity index (χ1) is 10.2. The smallest absolute Gasteiger partial charge is 0.231 e. The van der Waals surface area contributed by atoms with Crippen molar-refractivity contribution in [3.05, 3.63) is 17.8 Å². The zero-order valence-electron chi connectivity index (χ0n) is 12.0. The molecule has 3 N–H and O–H groups in total. The summed E-state index contributed by atoms with van der Waals surface area (Å²) < 4.78 is 5.53. The molecule has 1 aliphatic rings. The van der Waals surface area contributed by atoms with Crippen LogP contribution in [0.3, 0.4) is 0 Å². The molecule has 2 aromatic heterocycles. The molecule has 1 saturated heterocycles. The average molecular weight is 289 g/mol. The molecular formula is C13H19N7O. The number of nitrogens with one attached hydrogen (secondary N) is 1. The van der Waals surface area contributed by atoms with Crippen LogP contribution in [0.2, 0.25) is 0 Å². The van der Waals surface area contributed by atoms with Gasteiger partial charge in [-0.1, -0.05) is 6.92 Å². The lowest BCUT2D eigenvalue weighted by molar-refractivity contribution is 0.465. The molecule has 1 aliphatic heterocycles. The number of nitrogens with two attached hydrogens (primary N) is 1. The molecule has 21 heavy (non-hydrogen) atoms. The molecule has 0 aliphatic carbocycles. The second-order valence-corrected chi connectivity index (χ2v) is 4.94. The van der Waals surface area contributed by atoms with Gasteiger partial charge in [0.25, 0.3) is 0 Å².